The molecule has 8 nitrogen and oxygen atoms in total. The standard InChI is InChI=1S/C12H19N5O3S/c1-8-11(6-13-15-8)7-14-21(19,20)12-9(2)16-17(4-5-18)10(12)3/h6,14,18H,4-5,7H2,1-3H3,(H,13,15). The number of hydrogen-bond acceptors (Lipinski definition) is 5. The van der Waals surface area contributed by atoms with Crippen LogP contribution < -0.4 is 4.72 Å². The zero-order chi connectivity index (χ0) is 15.6. The molecule has 0 aliphatic carbocycles. The molecule has 0 saturated carbocycles. The molecule has 3 N–H and O–H groups in total. The smallest absolute Gasteiger partial charge is 0.244 e. The molecule has 0 aliphatic rings. The van der Waals surface area contributed by atoms with E-state index < -0.39 is 10.0 Å². The van der Waals surface area contributed by atoms with Crippen LogP contribution in [0.4, 0.5) is 0 Å². The van der Waals surface area contributed by atoms with Crippen molar-refractivity contribution in [1.29, 1.82) is 0 Å². The van der Waals surface area contributed by atoms with E-state index in [-0.39, 0.29) is 24.6 Å². The first-order chi connectivity index (χ1) is 9.86. The summed E-state index contributed by atoms with van der Waals surface area (Å²) in [6.07, 6.45) is 1.59. The normalized spacial score (nSPS) is 12.0. The Morgan fingerprint density at radius 2 is 2.10 bits per heavy atom. The second kappa shape index (κ2) is 5.96. The average Bonchev–Trinajstić information content (AvgIpc) is 2.92. The van der Waals surface area contributed by atoms with Gasteiger partial charge >= 0.3 is 0 Å². The van der Waals surface area contributed by atoms with Crippen molar-refractivity contribution < 1.29 is 13.5 Å². The highest BCUT2D eigenvalue weighted by Gasteiger charge is 2.24. The van der Waals surface area contributed by atoms with Crippen LogP contribution in [-0.4, -0.2) is 40.1 Å². The molecule has 9 heteroatoms. The van der Waals surface area contributed by atoms with Crippen molar-refractivity contribution in [3.63, 3.8) is 0 Å². The molecule has 0 saturated heterocycles. The van der Waals surface area contributed by atoms with Crippen LogP contribution in [0.3, 0.4) is 0 Å². The first-order valence-corrected chi connectivity index (χ1v) is 7.98. The first-order valence-electron chi connectivity index (χ1n) is 6.50. The van der Waals surface area contributed by atoms with Gasteiger partial charge in [-0.2, -0.15) is 10.2 Å². The lowest BCUT2D eigenvalue weighted by molar-refractivity contribution is 0.267. The number of hydrogen-bond donors (Lipinski definition) is 3. The molecule has 0 amide bonds. The summed E-state index contributed by atoms with van der Waals surface area (Å²) in [6.45, 7) is 5.47. The molecule has 2 aromatic rings. The van der Waals surface area contributed by atoms with Crippen molar-refractivity contribution in [2.75, 3.05) is 6.61 Å². The van der Waals surface area contributed by atoms with Crippen molar-refractivity contribution in [2.45, 2.75) is 38.8 Å². The lowest BCUT2D eigenvalue weighted by atomic mass is 10.3. The molecule has 0 aromatic carbocycles. The van der Waals surface area contributed by atoms with Crippen molar-refractivity contribution in [3.05, 3.63) is 28.8 Å². The van der Waals surface area contributed by atoms with Crippen LogP contribution in [0.5, 0.6) is 0 Å². The summed E-state index contributed by atoms with van der Waals surface area (Å²) in [4.78, 5) is 0.164. The number of H-pyrrole nitrogens is 1. The Bertz CT molecular complexity index is 732. The van der Waals surface area contributed by atoms with Crippen molar-refractivity contribution in [1.82, 2.24) is 24.7 Å². The van der Waals surface area contributed by atoms with Gasteiger partial charge < -0.3 is 5.11 Å². The summed E-state index contributed by atoms with van der Waals surface area (Å²) in [6, 6.07) is 0. The molecular weight excluding hydrogens is 294 g/mol. The second-order valence-corrected chi connectivity index (χ2v) is 6.50. The van der Waals surface area contributed by atoms with E-state index in [1.807, 2.05) is 6.92 Å². The maximum atomic E-state index is 12.4. The van der Waals surface area contributed by atoms with Gasteiger partial charge in [-0.1, -0.05) is 0 Å². The molecular formula is C12H19N5O3S. The molecule has 0 atom stereocenters. The molecule has 116 valence electrons. The number of sulfonamides is 1. The van der Waals surface area contributed by atoms with Gasteiger partial charge in [-0.25, -0.2) is 13.1 Å². The maximum Gasteiger partial charge on any atom is 0.244 e. The average molecular weight is 313 g/mol. The number of aromatic nitrogens is 4. The summed E-state index contributed by atoms with van der Waals surface area (Å²) < 4.78 is 28.9. The number of aromatic amines is 1. The second-order valence-electron chi connectivity index (χ2n) is 4.79. The van der Waals surface area contributed by atoms with Crippen LogP contribution in [0.25, 0.3) is 0 Å². The highest BCUT2D eigenvalue weighted by molar-refractivity contribution is 7.89. The van der Waals surface area contributed by atoms with Crippen LogP contribution in [0.15, 0.2) is 11.1 Å². The molecule has 0 bridgehead atoms. The van der Waals surface area contributed by atoms with Gasteiger partial charge in [0, 0.05) is 17.8 Å². The van der Waals surface area contributed by atoms with Crippen LogP contribution in [0.1, 0.15) is 22.6 Å². The third-order valence-corrected chi connectivity index (χ3v) is 4.94. The van der Waals surface area contributed by atoms with Gasteiger partial charge in [0.25, 0.3) is 0 Å². The zero-order valence-corrected chi connectivity index (χ0v) is 13.0. The Hall–Kier alpha value is -1.71. The highest BCUT2D eigenvalue weighted by Crippen LogP contribution is 2.19. The molecule has 2 rings (SSSR count). The molecule has 0 unspecified atom stereocenters. The molecule has 2 heterocycles. The van der Waals surface area contributed by atoms with E-state index in [1.165, 1.54) is 4.68 Å². The summed E-state index contributed by atoms with van der Waals surface area (Å²) in [5, 5.41) is 19.7. The van der Waals surface area contributed by atoms with Gasteiger partial charge in [0.15, 0.2) is 0 Å². The van der Waals surface area contributed by atoms with E-state index in [0.717, 1.165) is 11.3 Å². The van der Waals surface area contributed by atoms with Crippen LogP contribution in [0.2, 0.25) is 0 Å². The van der Waals surface area contributed by atoms with E-state index in [1.54, 1.807) is 20.0 Å². The molecule has 0 spiro atoms. The van der Waals surface area contributed by atoms with Crippen LogP contribution in [0, 0.1) is 20.8 Å². The van der Waals surface area contributed by atoms with E-state index in [9.17, 15) is 8.42 Å². The number of nitrogens with one attached hydrogen (secondary N) is 2. The Balaban J connectivity index is 2.25. The lowest BCUT2D eigenvalue weighted by Gasteiger charge is -2.07. The van der Waals surface area contributed by atoms with E-state index in [0.29, 0.717) is 11.4 Å². The SMILES string of the molecule is Cc1nn(CCO)c(C)c1S(=O)(=O)NCc1cn[nH]c1C. The van der Waals surface area contributed by atoms with Gasteiger partial charge in [-0.05, 0) is 20.8 Å². The largest absolute Gasteiger partial charge is 0.394 e. The van der Waals surface area contributed by atoms with Gasteiger partial charge in [0.1, 0.15) is 4.90 Å². The van der Waals surface area contributed by atoms with Gasteiger partial charge in [-0.15, -0.1) is 0 Å². The number of rotatable bonds is 6. The number of aryl methyl sites for hydroxylation is 2. The topological polar surface area (TPSA) is 113 Å². The fourth-order valence-corrected chi connectivity index (χ4v) is 3.59. The van der Waals surface area contributed by atoms with Gasteiger partial charge in [0.2, 0.25) is 10.0 Å². The zero-order valence-electron chi connectivity index (χ0n) is 12.2. The molecule has 21 heavy (non-hydrogen) atoms. The van der Waals surface area contributed by atoms with Crippen molar-refractivity contribution >= 4 is 10.0 Å². The quantitative estimate of drug-likeness (QED) is 0.695. The predicted octanol–water partition coefficient (Wildman–Crippen LogP) is 0.00226. The van der Waals surface area contributed by atoms with E-state index in [2.05, 4.69) is 20.0 Å². The molecule has 0 aliphatic heterocycles. The number of aliphatic hydroxyl groups is 1. The third kappa shape index (κ3) is 3.14. The summed E-state index contributed by atoms with van der Waals surface area (Å²) in [5.74, 6) is 0. The minimum atomic E-state index is -3.67. The number of nitrogens with zero attached hydrogens (tertiary/aromatic N) is 3. The molecule has 0 fully saturated rings. The summed E-state index contributed by atoms with van der Waals surface area (Å²) in [5.41, 5.74) is 2.54. The fourth-order valence-electron chi connectivity index (χ4n) is 2.18. The highest BCUT2D eigenvalue weighted by atomic mass is 32.2. The van der Waals surface area contributed by atoms with E-state index >= 15 is 0 Å². The van der Waals surface area contributed by atoms with Crippen molar-refractivity contribution in [3.8, 4) is 0 Å². The van der Waals surface area contributed by atoms with Crippen molar-refractivity contribution in [2.24, 2.45) is 0 Å². The minimum Gasteiger partial charge on any atom is -0.394 e. The van der Waals surface area contributed by atoms with Gasteiger partial charge in [0.05, 0.1) is 30.7 Å². The lowest BCUT2D eigenvalue weighted by Crippen LogP contribution is -2.24. The Kier molecular flexibility index (Phi) is 4.45. The third-order valence-electron chi connectivity index (χ3n) is 3.28. The monoisotopic (exact) mass is 313 g/mol. The van der Waals surface area contributed by atoms with Crippen LogP contribution in [-0.2, 0) is 23.1 Å². The summed E-state index contributed by atoms with van der Waals surface area (Å²) in [7, 11) is -3.67. The predicted molar refractivity (Wildman–Crippen MR) is 76.1 cm³/mol. The van der Waals surface area contributed by atoms with Gasteiger partial charge in [-0.3, -0.25) is 9.78 Å². The Morgan fingerprint density at radius 3 is 2.67 bits per heavy atom. The Labute approximate surface area is 123 Å². The fraction of sp³-hybridized carbons (Fsp3) is 0.500. The Morgan fingerprint density at radius 1 is 1.38 bits per heavy atom. The molecule has 2 aromatic heterocycles. The number of aliphatic hydroxyl groups excluding tert-OH is 1. The molecule has 0 radical (unpaired) electrons. The minimum absolute atomic E-state index is 0.0942. The maximum absolute atomic E-state index is 12.4. The first kappa shape index (κ1) is 15.7. The van der Waals surface area contributed by atoms with E-state index in [4.69, 9.17) is 5.11 Å². The van der Waals surface area contributed by atoms with Crippen LogP contribution >= 0.6 is 0 Å². The summed E-state index contributed by atoms with van der Waals surface area (Å²) >= 11 is 0.